The number of nitrogens with one attached hydrogen (secondary N) is 2. The number of guanidine groups is 1. The van der Waals surface area contributed by atoms with Crippen molar-refractivity contribution in [3.8, 4) is 0 Å². The van der Waals surface area contributed by atoms with Crippen molar-refractivity contribution in [2.24, 2.45) is 4.99 Å². The molecule has 0 unspecified atom stereocenters. The summed E-state index contributed by atoms with van der Waals surface area (Å²) in [6.07, 6.45) is -0.732. The summed E-state index contributed by atoms with van der Waals surface area (Å²) in [4.78, 5) is 5.92. The van der Waals surface area contributed by atoms with Gasteiger partial charge in [0.1, 0.15) is 5.82 Å². The fourth-order valence-electron chi connectivity index (χ4n) is 2.69. The molecule has 0 bridgehead atoms. The maximum Gasteiger partial charge on any atom is 0.251 e. The van der Waals surface area contributed by atoms with Gasteiger partial charge in [-0.3, -0.25) is 9.89 Å². The second-order valence-corrected chi connectivity index (χ2v) is 6.69. The number of halogens is 4. The third-order valence-corrected chi connectivity index (χ3v) is 4.50. The topological polar surface area (TPSA) is 39.7 Å². The van der Waals surface area contributed by atoms with E-state index in [1.165, 1.54) is 6.07 Å². The molecule has 134 valence electrons. The molecule has 1 heterocycles. The molecule has 0 amide bonds. The molecule has 0 atom stereocenters. The minimum Gasteiger partial charge on any atom is -0.354 e. The maximum atomic E-state index is 13.8. The second-order valence-electron chi connectivity index (χ2n) is 5.77. The van der Waals surface area contributed by atoms with Gasteiger partial charge < -0.3 is 10.6 Å². The molecule has 4 nitrogen and oxygen atoms in total. The van der Waals surface area contributed by atoms with E-state index in [0.29, 0.717) is 35.6 Å². The molecule has 1 saturated heterocycles. The molecule has 2 N–H and O–H groups in total. The first-order valence-corrected chi connectivity index (χ1v) is 8.69. The molecule has 1 aliphatic rings. The van der Waals surface area contributed by atoms with Crippen molar-refractivity contribution in [3.63, 3.8) is 0 Å². The molecule has 24 heavy (non-hydrogen) atoms. The number of hydrogen-bond acceptors (Lipinski definition) is 2. The number of nitrogens with zero attached hydrogens (tertiary/aromatic N) is 2. The molecule has 1 aliphatic heterocycles. The quantitative estimate of drug-likeness (QED) is 0.583. The van der Waals surface area contributed by atoms with Gasteiger partial charge in [0.2, 0.25) is 0 Å². The van der Waals surface area contributed by atoms with Crippen LogP contribution in [0.25, 0.3) is 0 Å². The van der Waals surface area contributed by atoms with E-state index in [9.17, 15) is 13.2 Å². The van der Waals surface area contributed by atoms with Crippen molar-refractivity contribution in [2.75, 3.05) is 26.7 Å². The first-order valence-electron chi connectivity index (χ1n) is 7.89. The van der Waals surface area contributed by atoms with Crippen molar-refractivity contribution in [1.29, 1.82) is 0 Å². The van der Waals surface area contributed by atoms with Crippen LogP contribution in [0.5, 0.6) is 0 Å². The lowest BCUT2D eigenvalue weighted by Crippen LogP contribution is -2.49. The van der Waals surface area contributed by atoms with Crippen LogP contribution in [0.4, 0.5) is 13.2 Å². The van der Waals surface area contributed by atoms with E-state index in [1.807, 2.05) is 0 Å². The normalized spacial score (nSPS) is 17.3. The van der Waals surface area contributed by atoms with Gasteiger partial charge in [-0.15, -0.1) is 0 Å². The number of rotatable bonds is 5. The minimum absolute atomic E-state index is 0.164. The lowest BCUT2D eigenvalue weighted by Gasteiger charge is -2.32. The SMILES string of the molecule is CN=C(NCc1ccc(Br)cc1F)NC1CCN(CC(F)F)CC1. The molecule has 0 spiro atoms. The molecule has 0 saturated carbocycles. The molecular formula is C16H22BrF3N4. The van der Waals surface area contributed by atoms with Crippen molar-refractivity contribution in [2.45, 2.75) is 31.9 Å². The Kier molecular flexibility index (Phi) is 7.36. The van der Waals surface area contributed by atoms with Crippen LogP contribution >= 0.6 is 15.9 Å². The Morgan fingerprint density at radius 3 is 2.67 bits per heavy atom. The number of aliphatic imine (C=N–C) groups is 1. The summed E-state index contributed by atoms with van der Waals surface area (Å²) in [6, 6.07) is 5.10. The third kappa shape index (κ3) is 5.98. The van der Waals surface area contributed by atoms with Gasteiger partial charge in [-0.1, -0.05) is 22.0 Å². The van der Waals surface area contributed by atoms with Crippen LogP contribution in [-0.2, 0) is 6.54 Å². The number of piperidine rings is 1. The van der Waals surface area contributed by atoms with Crippen molar-refractivity contribution < 1.29 is 13.2 Å². The van der Waals surface area contributed by atoms with Gasteiger partial charge in [0, 0.05) is 42.8 Å². The number of alkyl halides is 2. The zero-order valence-corrected chi connectivity index (χ0v) is 15.1. The van der Waals surface area contributed by atoms with Crippen LogP contribution in [0.2, 0.25) is 0 Å². The average molecular weight is 407 g/mol. The Morgan fingerprint density at radius 1 is 1.38 bits per heavy atom. The van der Waals surface area contributed by atoms with Gasteiger partial charge in [0.05, 0.1) is 6.54 Å². The zero-order valence-electron chi connectivity index (χ0n) is 13.5. The van der Waals surface area contributed by atoms with E-state index in [-0.39, 0.29) is 18.4 Å². The van der Waals surface area contributed by atoms with E-state index in [4.69, 9.17) is 0 Å². The van der Waals surface area contributed by atoms with Crippen LogP contribution in [0.15, 0.2) is 27.7 Å². The molecule has 0 radical (unpaired) electrons. The fourth-order valence-corrected chi connectivity index (χ4v) is 3.02. The van der Waals surface area contributed by atoms with Gasteiger partial charge in [0.15, 0.2) is 5.96 Å². The molecule has 1 fully saturated rings. The zero-order chi connectivity index (χ0) is 17.5. The van der Waals surface area contributed by atoms with Gasteiger partial charge in [0.25, 0.3) is 6.43 Å². The van der Waals surface area contributed by atoms with Crippen molar-refractivity contribution in [1.82, 2.24) is 15.5 Å². The van der Waals surface area contributed by atoms with Gasteiger partial charge in [-0.25, -0.2) is 13.2 Å². The Balaban J connectivity index is 1.79. The molecule has 0 aliphatic carbocycles. The minimum atomic E-state index is -2.29. The summed E-state index contributed by atoms with van der Waals surface area (Å²) in [5.74, 6) is 0.303. The maximum absolute atomic E-state index is 13.8. The highest BCUT2D eigenvalue weighted by Gasteiger charge is 2.21. The molecule has 1 aromatic rings. The Hall–Kier alpha value is -1.28. The van der Waals surface area contributed by atoms with Gasteiger partial charge in [-0.2, -0.15) is 0 Å². The average Bonchev–Trinajstić information content (AvgIpc) is 2.54. The Morgan fingerprint density at radius 2 is 2.08 bits per heavy atom. The van der Waals surface area contributed by atoms with E-state index >= 15 is 0 Å². The predicted molar refractivity (Wildman–Crippen MR) is 92.9 cm³/mol. The summed E-state index contributed by atoms with van der Waals surface area (Å²) < 4.78 is 39.3. The Bertz CT molecular complexity index is 560. The Labute approximate surface area is 148 Å². The van der Waals surface area contributed by atoms with E-state index in [2.05, 4.69) is 31.6 Å². The highest BCUT2D eigenvalue weighted by Crippen LogP contribution is 2.15. The standard InChI is InChI=1S/C16H22BrF3N4/c1-21-16(22-9-11-2-3-12(17)8-14(11)18)23-13-4-6-24(7-5-13)10-15(19)20/h2-3,8,13,15H,4-7,9-10H2,1H3,(H2,21,22,23). The highest BCUT2D eigenvalue weighted by atomic mass is 79.9. The van der Waals surface area contributed by atoms with Gasteiger partial charge >= 0.3 is 0 Å². The molecule has 8 heteroatoms. The summed E-state index contributed by atoms with van der Waals surface area (Å²) in [5.41, 5.74) is 0.549. The van der Waals surface area contributed by atoms with Crippen LogP contribution in [-0.4, -0.2) is 50.0 Å². The first kappa shape index (κ1) is 19.1. The van der Waals surface area contributed by atoms with Crippen LogP contribution in [0.1, 0.15) is 18.4 Å². The van der Waals surface area contributed by atoms with Crippen LogP contribution < -0.4 is 10.6 Å². The monoisotopic (exact) mass is 406 g/mol. The van der Waals surface area contributed by atoms with E-state index in [1.54, 1.807) is 24.1 Å². The van der Waals surface area contributed by atoms with Crippen LogP contribution in [0, 0.1) is 5.82 Å². The highest BCUT2D eigenvalue weighted by molar-refractivity contribution is 9.10. The largest absolute Gasteiger partial charge is 0.354 e. The number of hydrogen-bond donors (Lipinski definition) is 2. The van der Waals surface area contributed by atoms with Gasteiger partial charge in [-0.05, 0) is 25.0 Å². The number of benzene rings is 1. The number of likely N-dealkylation sites (tertiary alicyclic amines) is 1. The van der Waals surface area contributed by atoms with Crippen molar-refractivity contribution in [3.05, 3.63) is 34.1 Å². The lowest BCUT2D eigenvalue weighted by molar-refractivity contribution is 0.0744. The molecule has 2 rings (SSSR count). The third-order valence-electron chi connectivity index (χ3n) is 4.01. The molecular weight excluding hydrogens is 385 g/mol. The smallest absolute Gasteiger partial charge is 0.251 e. The predicted octanol–water partition coefficient (Wildman–Crippen LogP) is 2.98. The summed E-state index contributed by atoms with van der Waals surface area (Å²) in [5, 5.41) is 6.36. The fraction of sp³-hybridized carbons (Fsp3) is 0.562. The van der Waals surface area contributed by atoms with E-state index < -0.39 is 6.43 Å². The summed E-state index contributed by atoms with van der Waals surface area (Å²) in [7, 11) is 1.65. The molecule has 0 aromatic heterocycles. The van der Waals surface area contributed by atoms with Crippen LogP contribution in [0.3, 0.4) is 0 Å². The molecule has 1 aromatic carbocycles. The summed E-state index contributed by atoms with van der Waals surface area (Å²) >= 11 is 3.23. The van der Waals surface area contributed by atoms with E-state index in [0.717, 1.165) is 12.8 Å². The summed E-state index contributed by atoms with van der Waals surface area (Å²) in [6.45, 7) is 1.44. The first-order chi connectivity index (χ1) is 11.5. The lowest BCUT2D eigenvalue weighted by atomic mass is 10.1. The second kappa shape index (κ2) is 9.27. The van der Waals surface area contributed by atoms with Crippen molar-refractivity contribution >= 4 is 21.9 Å².